The molecule has 0 radical (unpaired) electrons. The van der Waals surface area contributed by atoms with Gasteiger partial charge in [-0.3, -0.25) is 4.79 Å². The van der Waals surface area contributed by atoms with Crippen LogP contribution in [0, 0.1) is 0 Å². The van der Waals surface area contributed by atoms with Gasteiger partial charge in [0.05, 0.1) is 13.2 Å². The highest BCUT2D eigenvalue weighted by Crippen LogP contribution is 2.24. The van der Waals surface area contributed by atoms with Crippen LogP contribution in [0.2, 0.25) is 0 Å². The zero-order valence-corrected chi connectivity index (χ0v) is 12.5. The van der Waals surface area contributed by atoms with Crippen LogP contribution >= 0.6 is 11.3 Å². The molecule has 1 aliphatic heterocycles. The fourth-order valence-corrected chi connectivity index (χ4v) is 3.42. The van der Waals surface area contributed by atoms with Gasteiger partial charge in [-0.15, -0.1) is 11.3 Å². The number of nitrogens with zero attached hydrogens (tertiary/aromatic N) is 1. The second kappa shape index (κ2) is 6.28. The third-order valence-corrected chi connectivity index (χ3v) is 4.74. The second-order valence-electron chi connectivity index (χ2n) is 5.15. The van der Waals surface area contributed by atoms with E-state index >= 15 is 0 Å². The summed E-state index contributed by atoms with van der Waals surface area (Å²) in [5.41, 5.74) is 2.98. The normalized spacial score (nSPS) is 13.9. The maximum Gasteiger partial charge on any atom is 0.242 e. The molecule has 5 heteroatoms. The maximum atomic E-state index is 12.3. The van der Waals surface area contributed by atoms with E-state index in [1.807, 2.05) is 29.2 Å². The number of aliphatic hydroxyl groups excluding tert-OH is 1. The fourth-order valence-electron chi connectivity index (χ4n) is 2.53. The molecular formula is C16H18N2O2S. The zero-order valence-electron chi connectivity index (χ0n) is 11.7. The SMILES string of the molecule is O=C(CNc1cccc(CO)c1)N1CCc2sccc2C1. The summed E-state index contributed by atoms with van der Waals surface area (Å²) < 4.78 is 0. The van der Waals surface area contributed by atoms with E-state index in [4.69, 9.17) is 5.11 Å². The third-order valence-electron chi connectivity index (χ3n) is 3.71. The van der Waals surface area contributed by atoms with E-state index in [9.17, 15) is 4.79 Å². The summed E-state index contributed by atoms with van der Waals surface area (Å²) in [6, 6.07) is 9.60. The number of carbonyl (C=O) groups is 1. The molecule has 0 bridgehead atoms. The maximum absolute atomic E-state index is 12.3. The lowest BCUT2D eigenvalue weighted by molar-refractivity contribution is -0.130. The van der Waals surface area contributed by atoms with Gasteiger partial charge in [-0.1, -0.05) is 12.1 Å². The summed E-state index contributed by atoms with van der Waals surface area (Å²) >= 11 is 1.78. The highest BCUT2D eigenvalue weighted by atomic mass is 32.1. The van der Waals surface area contributed by atoms with Crippen molar-refractivity contribution >= 4 is 22.9 Å². The number of anilines is 1. The Balaban J connectivity index is 1.57. The van der Waals surface area contributed by atoms with Crippen molar-refractivity contribution in [1.82, 2.24) is 4.90 Å². The standard InChI is InChI=1S/C16H18N2O2S/c19-11-12-2-1-3-14(8-12)17-9-16(20)18-6-4-15-13(10-18)5-7-21-15/h1-3,5,7-8,17,19H,4,6,9-11H2. The third kappa shape index (κ3) is 3.25. The number of rotatable bonds is 4. The first-order valence-corrected chi connectivity index (χ1v) is 7.91. The van der Waals surface area contributed by atoms with Crippen molar-refractivity contribution in [2.45, 2.75) is 19.6 Å². The van der Waals surface area contributed by atoms with Gasteiger partial charge < -0.3 is 15.3 Å². The van der Waals surface area contributed by atoms with Crippen molar-refractivity contribution in [3.63, 3.8) is 0 Å². The van der Waals surface area contributed by atoms with E-state index in [1.165, 1.54) is 10.4 Å². The predicted molar refractivity (Wildman–Crippen MR) is 84.3 cm³/mol. The molecule has 1 aromatic carbocycles. The summed E-state index contributed by atoms with van der Waals surface area (Å²) in [6.07, 6.45) is 0.957. The minimum Gasteiger partial charge on any atom is -0.392 e. The van der Waals surface area contributed by atoms with E-state index in [-0.39, 0.29) is 19.1 Å². The molecule has 2 aromatic rings. The summed E-state index contributed by atoms with van der Waals surface area (Å²) in [5, 5.41) is 14.3. The Morgan fingerprint density at radius 1 is 1.38 bits per heavy atom. The van der Waals surface area contributed by atoms with E-state index in [0.29, 0.717) is 0 Å². The monoisotopic (exact) mass is 302 g/mol. The fraction of sp³-hybridized carbons (Fsp3) is 0.312. The van der Waals surface area contributed by atoms with Crippen LogP contribution in [-0.2, 0) is 24.4 Å². The lowest BCUT2D eigenvalue weighted by atomic mass is 10.1. The van der Waals surface area contributed by atoms with Crippen LogP contribution in [0.4, 0.5) is 5.69 Å². The Morgan fingerprint density at radius 2 is 2.29 bits per heavy atom. The number of benzene rings is 1. The lowest BCUT2D eigenvalue weighted by Crippen LogP contribution is -2.38. The van der Waals surface area contributed by atoms with E-state index in [1.54, 1.807) is 11.3 Å². The number of hydrogen-bond acceptors (Lipinski definition) is 4. The van der Waals surface area contributed by atoms with Crippen molar-refractivity contribution in [3.05, 3.63) is 51.7 Å². The number of aliphatic hydroxyl groups is 1. The molecule has 21 heavy (non-hydrogen) atoms. The molecule has 1 aliphatic rings. The topological polar surface area (TPSA) is 52.6 Å². The largest absolute Gasteiger partial charge is 0.392 e. The number of thiophene rings is 1. The van der Waals surface area contributed by atoms with Gasteiger partial charge in [0.15, 0.2) is 0 Å². The molecular weight excluding hydrogens is 284 g/mol. The van der Waals surface area contributed by atoms with Crippen molar-refractivity contribution in [1.29, 1.82) is 0 Å². The van der Waals surface area contributed by atoms with Gasteiger partial charge >= 0.3 is 0 Å². The zero-order chi connectivity index (χ0) is 14.7. The van der Waals surface area contributed by atoms with Crippen LogP contribution in [-0.4, -0.2) is 29.0 Å². The molecule has 1 aromatic heterocycles. The van der Waals surface area contributed by atoms with Crippen LogP contribution in [0.1, 0.15) is 16.0 Å². The number of nitrogens with one attached hydrogen (secondary N) is 1. The van der Waals surface area contributed by atoms with Gasteiger partial charge in [0.2, 0.25) is 5.91 Å². The average molecular weight is 302 g/mol. The number of hydrogen-bond donors (Lipinski definition) is 2. The Labute approximate surface area is 128 Å². The van der Waals surface area contributed by atoms with Gasteiger partial charge in [-0.05, 0) is 41.1 Å². The van der Waals surface area contributed by atoms with Crippen LogP contribution in [0.25, 0.3) is 0 Å². The van der Waals surface area contributed by atoms with E-state index in [0.717, 1.165) is 30.8 Å². The summed E-state index contributed by atoms with van der Waals surface area (Å²) in [4.78, 5) is 15.6. The molecule has 0 atom stereocenters. The second-order valence-corrected chi connectivity index (χ2v) is 6.15. The highest BCUT2D eigenvalue weighted by Gasteiger charge is 2.20. The molecule has 0 unspecified atom stereocenters. The van der Waals surface area contributed by atoms with Gasteiger partial charge in [0.1, 0.15) is 0 Å². The van der Waals surface area contributed by atoms with Crippen LogP contribution in [0.15, 0.2) is 35.7 Å². The Hall–Kier alpha value is -1.85. The smallest absolute Gasteiger partial charge is 0.242 e. The summed E-state index contributed by atoms with van der Waals surface area (Å²) in [7, 11) is 0. The molecule has 4 nitrogen and oxygen atoms in total. The Bertz CT molecular complexity index is 639. The van der Waals surface area contributed by atoms with Crippen molar-refractivity contribution in [3.8, 4) is 0 Å². The molecule has 0 aliphatic carbocycles. The molecule has 3 rings (SSSR count). The van der Waals surface area contributed by atoms with E-state index in [2.05, 4.69) is 16.8 Å². The lowest BCUT2D eigenvalue weighted by Gasteiger charge is -2.27. The molecule has 0 fully saturated rings. The summed E-state index contributed by atoms with van der Waals surface area (Å²) in [5.74, 6) is 0.112. The van der Waals surface area contributed by atoms with E-state index < -0.39 is 0 Å². The predicted octanol–water partition coefficient (Wildman–Crippen LogP) is 2.24. The van der Waals surface area contributed by atoms with Gasteiger partial charge in [0, 0.05) is 23.7 Å². The first-order valence-electron chi connectivity index (χ1n) is 7.03. The highest BCUT2D eigenvalue weighted by molar-refractivity contribution is 7.10. The van der Waals surface area contributed by atoms with Crippen molar-refractivity contribution < 1.29 is 9.90 Å². The number of fused-ring (bicyclic) bond motifs is 1. The molecule has 0 saturated carbocycles. The van der Waals surface area contributed by atoms with Crippen LogP contribution in [0.5, 0.6) is 0 Å². The van der Waals surface area contributed by atoms with Crippen LogP contribution < -0.4 is 5.32 Å². The number of carbonyl (C=O) groups excluding carboxylic acids is 1. The average Bonchev–Trinajstić information content (AvgIpc) is 3.00. The molecule has 110 valence electrons. The molecule has 0 spiro atoms. The van der Waals surface area contributed by atoms with Gasteiger partial charge in [0.25, 0.3) is 0 Å². The minimum atomic E-state index is 0.0104. The molecule has 0 saturated heterocycles. The quantitative estimate of drug-likeness (QED) is 0.910. The first-order chi connectivity index (χ1) is 10.3. The van der Waals surface area contributed by atoms with Gasteiger partial charge in [-0.2, -0.15) is 0 Å². The van der Waals surface area contributed by atoms with Crippen LogP contribution in [0.3, 0.4) is 0 Å². The molecule has 1 amide bonds. The number of amides is 1. The Kier molecular flexibility index (Phi) is 4.22. The van der Waals surface area contributed by atoms with Crippen molar-refractivity contribution in [2.75, 3.05) is 18.4 Å². The molecule has 2 N–H and O–H groups in total. The Morgan fingerprint density at radius 3 is 3.14 bits per heavy atom. The minimum absolute atomic E-state index is 0.0104. The van der Waals surface area contributed by atoms with Crippen molar-refractivity contribution in [2.24, 2.45) is 0 Å². The van der Waals surface area contributed by atoms with Gasteiger partial charge in [-0.25, -0.2) is 0 Å². The molecule has 2 heterocycles. The summed E-state index contributed by atoms with van der Waals surface area (Å²) in [6.45, 7) is 1.81. The first kappa shape index (κ1) is 14.1.